The number of aryl methyl sites for hydroxylation is 2. The number of carbonyl (C=O) groups excluding carboxylic acids is 1. The van der Waals surface area contributed by atoms with E-state index in [1.54, 1.807) is 24.1 Å². The van der Waals surface area contributed by atoms with Crippen molar-refractivity contribution < 1.29 is 18.0 Å². The Labute approximate surface area is 144 Å². The molecule has 3 heterocycles. The number of nitrogens with zero attached hydrogens (tertiary/aromatic N) is 5. The molecule has 7 nitrogen and oxygen atoms in total. The summed E-state index contributed by atoms with van der Waals surface area (Å²) in [6.45, 7) is 0. The summed E-state index contributed by atoms with van der Waals surface area (Å²) in [5.74, 6) is -0.848. The van der Waals surface area contributed by atoms with E-state index < -0.39 is 18.1 Å². The van der Waals surface area contributed by atoms with Crippen molar-refractivity contribution >= 4 is 17.2 Å². The lowest BCUT2D eigenvalue weighted by atomic mass is 10.1. The van der Waals surface area contributed by atoms with E-state index in [9.17, 15) is 18.0 Å². The van der Waals surface area contributed by atoms with E-state index in [0.29, 0.717) is 10.6 Å². The Balaban J connectivity index is 1.81. The summed E-state index contributed by atoms with van der Waals surface area (Å²) in [5.41, 5.74) is 0.548. The summed E-state index contributed by atoms with van der Waals surface area (Å²) in [5, 5.41) is 10.2. The molecule has 3 aromatic heterocycles. The number of halogens is 3. The minimum atomic E-state index is -4.64. The number of thiazole rings is 1. The van der Waals surface area contributed by atoms with Crippen LogP contribution in [0.25, 0.3) is 10.6 Å². The highest BCUT2D eigenvalue weighted by atomic mass is 32.1. The highest BCUT2D eigenvalue weighted by molar-refractivity contribution is 7.16. The third kappa shape index (κ3) is 3.71. The van der Waals surface area contributed by atoms with Crippen molar-refractivity contribution in [2.45, 2.75) is 12.2 Å². The molecule has 0 fully saturated rings. The standard InChI is InChI=1S/C14H13F3N6OS/c1-22-6-8(3-19-22)11(14(15,16)17)21-12(24)10-5-18-13(25-10)9-4-20-23(2)7-9/h3-7,11H,1-2H3,(H,21,24)/t11-/m0/s1. The molecule has 1 atom stereocenters. The van der Waals surface area contributed by atoms with Crippen molar-refractivity contribution in [2.75, 3.05) is 0 Å². The number of rotatable bonds is 4. The summed E-state index contributed by atoms with van der Waals surface area (Å²) in [6, 6.07) is -2.14. The zero-order chi connectivity index (χ0) is 18.2. The predicted octanol–water partition coefficient (Wildman–Crippen LogP) is 2.31. The molecule has 132 valence electrons. The second-order valence-electron chi connectivity index (χ2n) is 5.33. The SMILES string of the molecule is Cn1cc(-c2ncc(C(=O)N[C@@H](c3cnn(C)c3)C(F)(F)F)s2)cn1. The fraction of sp³-hybridized carbons (Fsp3) is 0.286. The van der Waals surface area contributed by atoms with Crippen LogP contribution in [0.4, 0.5) is 13.2 Å². The molecular weight excluding hydrogens is 357 g/mol. The first-order chi connectivity index (χ1) is 11.7. The molecular formula is C14H13F3N6OS. The van der Waals surface area contributed by atoms with Gasteiger partial charge in [0.25, 0.3) is 5.91 Å². The second-order valence-corrected chi connectivity index (χ2v) is 6.36. The summed E-state index contributed by atoms with van der Waals surface area (Å²) < 4.78 is 42.7. The zero-order valence-corrected chi connectivity index (χ0v) is 14.0. The molecule has 1 amide bonds. The first-order valence-corrected chi connectivity index (χ1v) is 7.86. The average molecular weight is 370 g/mol. The fourth-order valence-corrected chi connectivity index (χ4v) is 2.98. The molecule has 11 heteroatoms. The van der Waals surface area contributed by atoms with Gasteiger partial charge in [-0.05, 0) is 0 Å². The van der Waals surface area contributed by atoms with Gasteiger partial charge < -0.3 is 5.32 Å². The van der Waals surface area contributed by atoms with Gasteiger partial charge in [0.15, 0.2) is 6.04 Å². The lowest BCUT2D eigenvalue weighted by molar-refractivity contribution is -0.155. The predicted molar refractivity (Wildman–Crippen MR) is 83.8 cm³/mol. The Bertz CT molecular complexity index is 896. The molecule has 0 aliphatic heterocycles. The molecule has 25 heavy (non-hydrogen) atoms. The van der Waals surface area contributed by atoms with Gasteiger partial charge in [-0.25, -0.2) is 4.98 Å². The Morgan fingerprint density at radius 2 is 1.84 bits per heavy atom. The number of hydrogen-bond acceptors (Lipinski definition) is 5. The largest absolute Gasteiger partial charge is 0.413 e. The smallest absolute Gasteiger partial charge is 0.336 e. The summed E-state index contributed by atoms with van der Waals surface area (Å²) >= 11 is 0.996. The van der Waals surface area contributed by atoms with Crippen molar-refractivity contribution in [3.05, 3.63) is 41.4 Å². The number of alkyl halides is 3. The minimum Gasteiger partial charge on any atom is -0.336 e. The molecule has 3 rings (SSSR count). The highest BCUT2D eigenvalue weighted by Gasteiger charge is 2.43. The van der Waals surface area contributed by atoms with Gasteiger partial charge in [-0.2, -0.15) is 23.4 Å². The number of hydrogen-bond donors (Lipinski definition) is 1. The molecule has 0 radical (unpaired) electrons. The molecule has 0 saturated heterocycles. The van der Waals surface area contributed by atoms with E-state index in [-0.39, 0.29) is 10.4 Å². The summed E-state index contributed by atoms with van der Waals surface area (Å²) in [7, 11) is 3.23. The Kier molecular flexibility index (Phi) is 4.33. The van der Waals surface area contributed by atoms with Crippen LogP contribution >= 0.6 is 11.3 Å². The Morgan fingerprint density at radius 1 is 1.16 bits per heavy atom. The van der Waals surface area contributed by atoms with Crippen molar-refractivity contribution in [1.29, 1.82) is 0 Å². The summed E-state index contributed by atoms with van der Waals surface area (Å²) in [4.78, 5) is 16.4. The van der Waals surface area contributed by atoms with Crippen molar-refractivity contribution in [2.24, 2.45) is 14.1 Å². The maximum absolute atomic E-state index is 13.3. The topological polar surface area (TPSA) is 77.6 Å². The van der Waals surface area contributed by atoms with Crippen LogP contribution in [0.2, 0.25) is 0 Å². The van der Waals surface area contributed by atoms with Gasteiger partial charge in [0.05, 0.1) is 18.6 Å². The molecule has 0 aromatic carbocycles. The molecule has 0 bridgehead atoms. The van der Waals surface area contributed by atoms with Gasteiger partial charge >= 0.3 is 6.18 Å². The van der Waals surface area contributed by atoms with Gasteiger partial charge in [-0.3, -0.25) is 14.2 Å². The molecule has 0 saturated carbocycles. The van der Waals surface area contributed by atoms with Crippen molar-refractivity contribution in [1.82, 2.24) is 29.9 Å². The Hall–Kier alpha value is -2.69. The molecule has 0 aliphatic rings. The first kappa shape index (κ1) is 17.1. The lowest BCUT2D eigenvalue weighted by Gasteiger charge is -2.19. The van der Waals surface area contributed by atoms with E-state index in [4.69, 9.17) is 0 Å². The maximum Gasteiger partial charge on any atom is 0.413 e. The number of aromatic nitrogens is 5. The van der Waals surface area contributed by atoms with E-state index >= 15 is 0 Å². The van der Waals surface area contributed by atoms with E-state index in [1.807, 2.05) is 5.32 Å². The highest BCUT2D eigenvalue weighted by Crippen LogP contribution is 2.33. The third-order valence-corrected chi connectivity index (χ3v) is 4.39. The molecule has 0 spiro atoms. The normalized spacial score (nSPS) is 13.0. The van der Waals surface area contributed by atoms with E-state index in [1.165, 1.54) is 24.1 Å². The van der Waals surface area contributed by atoms with Crippen LogP contribution in [0.15, 0.2) is 31.0 Å². The summed E-state index contributed by atoms with van der Waals surface area (Å²) in [6.07, 6.45) is 2.16. The quantitative estimate of drug-likeness (QED) is 0.765. The van der Waals surface area contributed by atoms with Crippen molar-refractivity contribution in [3.63, 3.8) is 0 Å². The number of nitrogens with one attached hydrogen (secondary N) is 1. The Morgan fingerprint density at radius 3 is 2.40 bits per heavy atom. The monoisotopic (exact) mass is 370 g/mol. The van der Waals surface area contributed by atoms with Crippen LogP contribution in [0, 0.1) is 0 Å². The molecule has 0 aliphatic carbocycles. The average Bonchev–Trinajstić information content (AvgIpc) is 3.23. The van der Waals surface area contributed by atoms with E-state index in [0.717, 1.165) is 17.5 Å². The van der Waals surface area contributed by atoms with Crippen LogP contribution in [0.3, 0.4) is 0 Å². The van der Waals surface area contributed by atoms with Crippen LogP contribution in [-0.2, 0) is 14.1 Å². The van der Waals surface area contributed by atoms with Gasteiger partial charge in [-0.1, -0.05) is 0 Å². The van der Waals surface area contributed by atoms with Gasteiger partial charge in [0.1, 0.15) is 9.88 Å². The second kappa shape index (κ2) is 6.31. The molecule has 1 N–H and O–H groups in total. The van der Waals surface area contributed by atoms with E-state index in [2.05, 4.69) is 15.2 Å². The van der Waals surface area contributed by atoms with Gasteiger partial charge in [0, 0.05) is 37.6 Å². The van der Waals surface area contributed by atoms with Gasteiger partial charge in [-0.15, -0.1) is 11.3 Å². The maximum atomic E-state index is 13.3. The van der Waals surface area contributed by atoms with Crippen LogP contribution < -0.4 is 5.32 Å². The van der Waals surface area contributed by atoms with Crippen molar-refractivity contribution in [3.8, 4) is 10.6 Å². The number of carbonyl (C=O) groups is 1. The minimum absolute atomic E-state index is 0.0805. The lowest BCUT2D eigenvalue weighted by Crippen LogP contribution is -2.37. The first-order valence-electron chi connectivity index (χ1n) is 7.05. The molecule has 3 aromatic rings. The van der Waals surface area contributed by atoms with Crippen LogP contribution in [0.5, 0.6) is 0 Å². The third-order valence-electron chi connectivity index (χ3n) is 3.34. The van der Waals surface area contributed by atoms with Gasteiger partial charge in [0.2, 0.25) is 0 Å². The fourth-order valence-electron chi connectivity index (χ4n) is 2.19. The molecule has 0 unspecified atom stereocenters. The van der Waals surface area contributed by atoms with Crippen LogP contribution in [0.1, 0.15) is 21.3 Å². The zero-order valence-electron chi connectivity index (χ0n) is 13.2. The van der Waals surface area contributed by atoms with Crippen LogP contribution in [-0.4, -0.2) is 36.6 Å². The number of amides is 1.